The molecule has 8 nitrogen and oxygen atoms in total. The third-order valence-corrected chi connectivity index (χ3v) is 5.76. The third kappa shape index (κ3) is 5.44. The van der Waals surface area contributed by atoms with Crippen molar-refractivity contribution in [2.24, 2.45) is 0 Å². The van der Waals surface area contributed by atoms with Gasteiger partial charge in [0.15, 0.2) is 0 Å². The number of hydrogen-bond donors (Lipinski definition) is 1. The first kappa shape index (κ1) is 22.9. The number of amides is 1. The van der Waals surface area contributed by atoms with E-state index in [-0.39, 0.29) is 11.9 Å². The van der Waals surface area contributed by atoms with E-state index in [9.17, 15) is 4.79 Å². The Morgan fingerprint density at radius 1 is 1.03 bits per heavy atom. The lowest BCUT2D eigenvalue weighted by molar-refractivity contribution is -0.117. The summed E-state index contributed by atoms with van der Waals surface area (Å²) >= 11 is 0. The van der Waals surface area contributed by atoms with E-state index in [4.69, 9.17) is 5.10 Å². The molecular weight excluding hydrogens is 450 g/mol. The standard InChI is InChI=1S/C28H25N7O/c1-21(23-9-12-26(13-10-23)35-20-30-19-31-35)32-27(36)14-11-25-18-34(17-22-6-3-2-4-7-22)33-28(25)24-8-5-15-29-16-24/h2-16,18-21H,17H2,1H3,(H,32,36)/b14-11+. The minimum Gasteiger partial charge on any atom is -0.346 e. The van der Waals surface area contributed by atoms with Gasteiger partial charge in [0.1, 0.15) is 18.3 Å². The minimum atomic E-state index is -0.184. The molecule has 2 aromatic carbocycles. The number of benzene rings is 2. The first-order valence-electron chi connectivity index (χ1n) is 11.6. The van der Waals surface area contributed by atoms with Gasteiger partial charge >= 0.3 is 0 Å². The fraction of sp³-hybridized carbons (Fsp3) is 0.107. The Morgan fingerprint density at radius 2 is 1.86 bits per heavy atom. The highest BCUT2D eigenvalue weighted by Gasteiger charge is 2.12. The largest absolute Gasteiger partial charge is 0.346 e. The molecule has 0 spiro atoms. The van der Waals surface area contributed by atoms with Crippen molar-refractivity contribution in [3.8, 4) is 16.9 Å². The summed E-state index contributed by atoms with van der Waals surface area (Å²) in [6.45, 7) is 2.59. The molecule has 3 heterocycles. The quantitative estimate of drug-likeness (QED) is 0.335. The Kier molecular flexibility index (Phi) is 6.75. The highest BCUT2D eigenvalue weighted by molar-refractivity contribution is 5.93. The molecule has 1 unspecified atom stereocenters. The SMILES string of the molecule is CC(NC(=O)/C=C/c1cn(Cc2ccccc2)nc1-c1cccnc1)c1ccc(-n2cncn2)cc1. The molecule has 1 N–H and O–H groups in total. The van der Waals surface area contributed by atoms with Crippen LogP contribution in [0.2, 0.25) is 0 Å². The average Bonchev–Trinajstić information content (AvgIpc) is 3.59. The van der Waals surface area contributed by atoms with Gasteiger partial charge in [-0.05, 0) is 48.4 Å². The molecule has 5 rings (SSSR count). The van der Waals surface area contributed by atoms with Gasteiger partial charge in [-0.3, -0.25) is 14.5 Å². The number of hydrogen-bond acceptors (Lipinski definition) is 5. The maximum atomic E-state index is 12.7. The second-order valence-corrected chi connectivity index (χ2v) is 8.35. The van der Waals surface area contributed by atoms with Crippen molar-refractivity contribution >= 4 is 12.0 Å². The summed E-state index contributed by atoms with van der Waals surface area (Å²) in [7, 11) is 0. The van der Waals surface area contributed by atoms with Gasteiger partial charge in [0.2, 0.25) is 5.91 Å². The zero-order valence-corrected chi connectivity index (χ0v) is 19.8. The molecule has 0 aliphatic heterocycles. The number of carbonyl (C=O) groups is 1. The van der Waals surface area contributed by atoms with Crippen LogP contribution in [0.3, 0.4) is 0 Å². The van der Waals surface area contributed by atoms with Crippen LogP contribution in [-0.2, 0) is 11.3 Å². The average molecular weight is 476 g/mol. The smallest absolute Gasteiger partial charge is 0.244 e. The fourth-order valence-corrected chi connectivity index (χ4v) is 3.91. The van der Waals surface area contributed by atoms with Crippen LogP contribution in [0.1, 0.15) is 29.7 Å². The third-order valence-electron chi connectivity index (χ3n) is 5.76. The van der Waals surface area contributed by atoms with Crippen molar-refractivity contribution in [1.29, 1.82) is 0 Å². The van der Waals surface area contributed by atoms with Crippen molar-refractivity contribution in [3.05, 3.63) is 121 Å². The molecule has 0 bridgehead atoms. The Bertz CT molecular complexity index is 1440. The number of pyridine rings is 1. The summed E-state index contributed by atoms with van der Waals surface area (Å²) in [6.07, 6.45) is 11.9. The lowest BCUT2D eigenvalue weighted by Crippen LogP contribution is -2.24. The van der Waals surface area contributed by atoms with Crippen molar-refractivity contribution in [2.75, 3.05) is 0 Å². The van der Waals surface area contributed by atoms with Gasteiger partial charge in [0.25, 0.3) is 0 Å². The van der Waals surface area contributed by atoms with Crippen molar-refractivity contribution in [1.82, 2.24) is 34.8 Å². The molecule has 1 atom stereocenters. The molecule has 5 aromatic rings. The molecule has 0 saturated heterocycles. The summed E-state index contributed by atoms with van der Waals surface area (Å²) in [5.41, 5.74) is 5.57. The second kappa shape index (κ2) is 10.6. The van der Waals surface area contributed by atoms with Gasteiger partial charge in [-0.25, -0.2) is 9.67 Å². The summed E-state index contributed by atoms with van der Waals surface area (Å²) in [6, 6.07) is 21.7. The van der Waals surface area contributed by atoms with E-state index in [1.54, 1.807) is 35.6 Å². The van der Waals surface area contributed by atoms with Gasteiger partial charge in [0.05, 0.1) is 18.3 Å². The van der Waals surface area contributed by atoms with Crippen LogP contribution in [-0.4, -0.2) is 35.4 Å². The predicted molar refractivity (Wildman–Crippen MR) is 138 cm³/mol. The Morgan fingerprint density at radius 3 is 2.58 bits per heavy atom. The van der Waals surface area contributed by atoms with Gasteiger partial charge < -0.3 is 5.32 Å². The van der Waals surface area contributed by atoms with E-state index in [2.05, 4.69) is 32.5 Å². The van der Waals surface area contributed by atoms with Crippen molar-refractivity contribution in [2.45, 2.75) is 19.5 Å². The van der Waals surface area contributed by atoms with Crippen LogP contribution in [0.25, 0.3) is 23.0 Å². The molecule has 8 heteroatoms. The summed E-state index contributed by atoms with van der Waals surface area (Å²) < 4.78 is 3.57. The van der Waals surface area contributed by atoms with Crippen LogP contribution in [0.4, 0.5) is 0 Å². The number of nitrogens with zero attached hydrogens (tertiary/aromatic N) is 6. The fourth-order valence-electron chi connectivity index (χ4n) is 3.91. The Balaban J connectivity index is 1.30. The van der Waals surface area contributed by atoms with Crippen LogP contribution in [0.5, 0.6) is 0 Å². The molecule has 0 aliphatic carbocycles. The van der Waals surface area contributed by atoms with E-state index >= 15 is 0 Å². The molecule has 0 aliphatic rings. The molecule has 0 fully saturated rings. The predicted octanol–water partition coefficient (Wildman–Crippen LogP) is 4.46. The number of carbonyl (C=O) groups excluding carboxylic acids is 1. The highest BCUT2D eigenvalue weighted by atomic mass is 16.1. The molecule has 36 heavy (non-hydrogen) atoms. The van der Waals surface area contributed by atoms with Gasteiger partial charge in [-0.15, -0.1) is 0 Å². The van der Waals surface area contributed by atoms with E-state index in [1.807, 2.05) is 72.4 Å². The van der Waals surface area contributed by atoms with Crippen LogP contribution in [0.15, 0.2) is 104 Å². The van der Waals surface area contributed by atoms with Crippen LogP contribution < -0.4 is 5.32 Å². The monoisotopic (exact) mass is 475 g/mol. The van der Waals surface area contributed by atoms with Gasteiger partial charge in [-0.1, -0.05) is 42.5 Å². The number of rotatable bonds is 8. The number of nitrogens with one attached hydrogen (secondary N) is 1. The first-order chi connectivity index (χ1) is 17.7. The highest BCUT2D eigenvalue weighted by Crippen LogP contribution is 2.23. The van der Waals surface area contributed by atoms with Crippen molar-refractivity contribution < 1.29 is 4.79 Å². The van der Waals surface area contributed by atoms with Crippen molar-refractivity contribution in [3.63, 3.8) is 0 Å². The normalized spacial score (nSPS) is 12.0. The van der Waals surface area contributed by atoms with E-state index in [0.29, 0.717) is 6.54 Å². The molecular formula is C28H25N7O. The number of aromatic nitrogens is 6. The maximum absolute atomic E-state index is 12.7. The summed E-state index contributed by atoms with van der Waals surface area (Å²) in [5.74, 6) is -0.184. The minimum absolute atomic E-state index is 0.162. The van der Waals surface area contributed by atoms with Gasteiger partial charge in [-0.2, -0.15) is 10.2 Å². The lowest BCUT2D eigenvalue weighted by atomic mass is 10.1. The molecule has 1 amide bonds. The molecule has 3 aromatic heterocycles. The zero-order valence-electron chi connectivity index (χ0n) is 19.8. The van der Waals surface area contributed by atoms with Gasteiger partial charge in [0, 0.05) is 35.8 Å². The lowest BCUT2D eigenvalue weighted by Gasteiger charge is -2.13. The van der Waals surface area contributed by atoms with E-state index in [0.717, 1.165) is 33.6 Å². The maximum Gasteiger partial charge on any atom is 0.244 e. The second-order valence-electron chi connectivity index (χ2n) is 8.35. The Labute approximate surface area is 209 Å². The van der Waals surface area contributed by atoms with E-state index < -0.39 is 0 Å². The Hall–Kier alpha value is -4.85. The van der Waals surface area contributed by atoms with E-state index in [1.165, 1.54) is 6.33 Å². The topological polar surface area (TPSA) is 90.5 Å². The molecule has 0 saturated carbocycles. The zero-order chi connectivity index (χ0) is 24.7. The van der Waals surface area contributed by atoms with Crippen LogP contribution in [0, 0.1) is 0 Å². The summed E-state index contributed by atoms with van der Waals surface area (Å²) in [5, 5.41) is 11.9. The summed E-state index contributed by atoms with van der Waals surface area (Å²) in [4.78, 5) is 20.9. The van der Waals surface area contributed by atoms with Crippen LogP contribution >= 0.6 is 0 Å². The first-order valence-corrected chi connectivity index (χ1v) is 11.6. The molecule has 0 radical (unpaired) electrons. The molecule has 178 valence electrons.